The van der Waals surface area contributed by atoms with Crippen molar-refractivity contribution in [2.75, 3.05) is 11.5 Å². The van der Waals surface area contributed by atoms with E-state index in [1.807, 2.05) is 50.2 Å². The minimum absolute atomic E-state index is 0.113. The van der Waals surface area contributed by atoms with E-state index >= 15 is 0 Å². The molecule has 34 heavy (non-hydrogen) atoms. The molecule has 0 aromatic heterocycles. The van der Waals surface area contributed by atoms with Crippen molar-refractivity contribution in [3.8, 4) is 0 Å². The largest absolute Gasteiger partial charge is 0.454 e. The second-order valence-corrected chi connectivity index (χ2v) is 9.38. The molecule has 0 aliphatic carbocycles. The summed E-state index contributed by atoms with van der Waals surface area (Å²) in [5, 5.41) is -0.493. The first-order valence-corrected chi connectivity index (χ1v) is 11.7. The van der Waals surface area contributed by atoms with Crippen LogP contribution >= 0.6 is 11.8 Å². The van der Waals surface area contributed by atoms with Crippen LogP contribution in [0.15, 0.2) is 77.7 Å². The van der Waals surface area contributed by atoms with Crippen LogP contribution in [0.3, 0.4) is 0 Å². The fraction of sp³-hybridized carbons (Fsp3) is 0.185. The van der Waals surface area contributed by atoms with Gasteiger partial charge in [0.1, 0.15) is 0 Å². The van der Waals surface area contributed by atoms with Gasteiger partial charge in [0.25, 0.3) is 0 Å². The molecule has 3 aromatic rings. The van der Waals surface area contributed by atoms with Crippen LogP contribution in [0.2, 0.25) is 0 Å². The molecule has 0 radical (unpaired) electrons. The van der Waals surface area contributed by atoms with Gasteiger partial charge in [-0.05, 0) is 50.2 Å². The third-order valence-corrected chi connectivity index (χ3v) is 6.67. The molecular formula is C27H23NO5S. The predicted octanol–water partition coefficient (Wildman–Crippen LogP) is 4.77. The number of imide groups is 1. The predicted molar refractivity (Wildman–Crippen MR) is 130 cm³/mol. The summed E-state index contributed by atoms with van der Waals surface area (Å²) in [4.78, 5) is 52.1. The van der Waals surface area contributed by atoms with Crippen molar-refractivity contribution in [2.45, 2.75) is 30.4 Å². The zero-order chi connectivity index (χ0) is 24.2. The van der Waals surface area contributed by atoms with Gasteiger partial charge in [-0.3, -0.25) is 14.4 Å². The van der Waals surface area contributed by atoms with Crippen LogP contribution in [-0.2, 0) is 14.3 Å². The zero-order valence-corrected chi connectivity index (χ0v) is 19.6. The average Bonchev–Trinajstić information content (AvgIpc) is 3.11. The molecule has 1 heterocycles. The first kappa shape index (κ1) is 23.4. The van der Waals surface area contributed by atoms with E-state index in [2.05, 4.69) is 0 Å². The van der Waals surface area contributed by atoms with Crippen molar-refractivity contribution in [1.29, 1.82) is 0 Å². The summed E-state index contributed by atoms with van der Waals surface area (Å²) < 4.78 is 5.13. The molecule has 1 atom stereocenters. The summed E-state index contributed by atoms with van der Waals surface area (Å²) in [6, 6.07) is 20.8. The highest BCUT2D eigenvalue weighted by molar-refractivity contribution is 8.00. The maximum Gasteiger partial charge on any atom is 0.338 e. The van der Waals surface area contributed by atoms with E-state index in [1.54, 1.807) is 12.1 Å². The van der Waals surface area contributed by atoms with Crippen molar-refractivity contribution in [1.82, 2.24) is 0 Å². The van der Waals surface area contributed by atoms with Crippen LogP contribution in [0.4, 0.5) is 5.69 Å². The van der Waals surface area contributed by atoms with Crippen molar-refractivity contribution < 1.29 is 23.9 Å². The van der Waals surface area contributed by atoms with Crippen LogP contribution in [0.5, 0.6) is 0 Å². The van der Waals surface area contributed by atoms with Crippen LogP contribution in [-0.4, -0.2) is 35.4 Å². The van der Waals surface area contributed by atoms with Crippen LogP contribution in [0.1, 0.15) is 38.3 Å². The second kappa shape index (κ2) is 10.1. The number of carbonyl (C=O) groups is 4. The van der Waals surface area contributed by atoms with Crippen molar-refractivity contribution >= 4 is 41.0 Å². The van der Waals surface area contributed by atoms with Gasteiger partial charge in [-0.2, -0.15) is 0 Å². The SMILES string of the molecule is Cc1ccc(SC2CC(=O)N(c3ccc(C(=O)OCC(=O)c4ccc(C)cc4)cc3)C2=O)cc1. The summed E-state index contributed by atoms with van der Waals surface area (Å²) in [6.45, 7) is 3.54. The maximum atomic E-state index is 12.9. The van der Waals surface area contributed by atoms with Gasteiger partial charge in [0.2, 0.25) is 11.8 Å². The van der Waals surface area contributed by atoms with E-state index in [1.165, 1.54) is 36.0 Å². The number of esters is 1. The van der Waals surface area contributed by atoms with Gasteiger partial charge in [-0.1, -0.05) is 47.5 Å². The van der Waals surface area contributed by atoms with E-state index < -0.39 is 11.2 Å². The number of benzene rings is 3. The summed E-state index contributed by atoms with van der Waals surface area (Å²) >= 11 is 1.37. The van der Waals surface area contributed by atoms with Crippen molar-refractivity contribution in [3.05, 3.63) is 95.1 Å². The number of carbonyl (C=O) groups excluding carboxylic acids is 4. The van der Waals surface area contributed by atoms with Crippen molar-refractivity contribution in [3.63, 3.8) is 0 Å². The Morgan fingerprint density at radius 2 is 1.41 bits per heavy atom. The Labute approximate surface area is 201 Å². The Bertz CT molecular complexity index is 1230. The molecule has 1 saturated heterocycles. The number of ketones is 1. The van der Waals surface area contributed by atoms with Gasteiger partial charge in [0.05, 0.1) is 16.5 Å². The number of amides is 2. The number of hydrogen-bond acceptors (Lipinski definition) is 6. The monoisotopic (exact) mass is 473 g/mol. The highest BCUT2D eigenvalue weighted by atomic mass is 32.2. The summed E-state index contributed by atoms with van der Waals surface area (Å²) in [7, 11) is 0. The lowest BCUT2D eigenvalue weighted by Crippen LogP contribution is -2.31. The van der Waals surface area contributed by atoms with Crippen molar-refractivity contribution in [2.24, 2.45) is 0 Å². The molecule has 172 valence electrons. The van der Waals surface area contributed by atoms with Gasteiger partial charge < -0.3 is 4.74 Å². The Balaban J connectivity index is 1.37. The number of ether oxygens (including phenoxy) is 1. The van der Waals surface area contributed by atoms with Gasteiger partial charge >= 0.3 is 5.97 Å². The van der Waals surface area contributed by atoms with Crippen LogP contribution < -0.4 is 4.90 Å². The molecule has 1 fully saturated rings. The number of nitrogens with zero attached hydrogens (tertiary/aromatic N) is 1. The standard InChI is InChI=1S/C27H23NO5S/c1-17-3-7-19(8-4-17)23(29)16-33-27(32)20-9-11-21(12-10-20)28-25(30)15-24(26(28)31)34-22-13-5-18(2)6-14-22/h3-14,24H,15-16H2,1-2H3. The summed E-state index contributed by atoms with van der Waals surface area (Å²) in [5.41, 5.74) is 3.25. The molecule has 1 aliphatic rings. The Morgan fingerprint density at radius 3 is 2.03 bits per heavy atom. The van der Waals surface area contributed by atoms with E-state index in [0.29, 0.717) is 11.3 Å². The third-order valence-electron chi connectivity index (χ3n) is 5.47. The molecule has 4 rings (SSSR count). The Kier molecular flexibility index (Phi) is 6.93. The lowest BCUT2D eigenvalue weighted by atomic mass is 10.1. The molecule has 1 aliphatic heterocycles. The fourth-order valence-electron chi connectivity index (χ4n) is 3.53. The number of rotatable bonds is 7. The number of thioether (sulfide) groups is 1. The summed E-state index contributed by atoms with van der Waals surface area (Å²) in [6.07, 6.45) is 0.113. The molecule has 0 N–H and O–H groups in total. The first-order chi connectivity index (χ1) is 16.3. The van der Waals surface area contributed by atoms with E-state index in [-0.39, 0.29) is 36.2 Å². The molecule has 1 unspecified atom stereocenters. The normalized spacial score (nSPS) is 15.5. The lowest BCUT2D eigenvalue weighted by molar-refractivity contribution is -0.121. The number of Topliss-reactive ketones (excluding diaryl/α,β-unsaturated/α-hetero) is 1. The van der Waals surface area contributed by atoms with E-state index in [0.717, 1.165) is 20.9 Å². The van der Waals surface area contributed by atoms with E-state index in [9.17, 15) is 19.2 Å². The highest BCUT2D eigenvalue weighted by Crippen LogP contribution is 2.34. The Hall–Kier alpha value is -3.71. The Morgan fingerprint density at radius 1 is 0.853 bits per heavy atom. The molecule has 2 amide bonds. The van der Waals surface area contributed by atoms with Gasteiger partial charge in [-0.25, -0.2) is 9.69 Å². The fourth-order valence-corrected chi connectivity index (χ4v) is 4.59. The van der Waals surface area contributed by atoms with Crippen LogP contribution in [0.25, 0.3) is 0 Å². The minimum atomic E-state index is -0.654. The summed E-state index contributed by atoms with van der Waals surface area (Å²) in [5.74, 6) is -1.52. The molecule has 6 nitrogen and oxygen atoms in total. The molecular weight excluding hydrogens is 450 g/mol. The molecule has 7 heteroatoms. The quantitative estimate of drug-likeness (QED) is 0.279. The number of anilines is 1. The molecule has 0 bridgehead atoms. The average molecular weight is 474 g/mol. The first-order valence-electron chi connectivity index (χ1n) is 10.8. The number of hydrogen-bond donors (Lipinski definition) is 0. The molecule has 0 saturated carbocycles. The highest BCUT2D eigenvalue weighted by Gasteiger charge is 2.40. The zero-order valence-electron chi connectivity index (χ0n) is 18.8. The topological polar surface area (TPSA) is 80.8 Å². The third kappa shape index (κ3) is 5.26. The van der Waals surface area contributed by atoms with E-state index in [4.69, 9.17) is 4.74 Å². The smallest absolute Gasteiger partial charge is 0.338 e. The van der Waals surface area contributed by atoms with Crippen LogP contribution in [0, 0.1) is 13.8 Å². The second-order valence-electron chi connectivity index (χ2n) is 8.10. The maximum absolute atomic E-state index is 12.9. The molecule has 3 aromatic carbocycles. The number of aryl methyl sites for hydroxylation is 2. The lowest BCUT2D eigenvalue weighted by Gasteiger charge is -2.15. The van der Waals surface area contributed by atoms with Gasteiger partial charge in [0, 0.05) is 16.9 Å². The van der Waals surface area contributed by atoms with Gasteiger partial charge in [0.15, 0.2) is 12.4 Å². The van der Waals surface area contributed by atoms with Gasteiger partial charge in [-0.15, -0.1) is 11.8 Å². The molecule has 0 spiro atoms. The minimum Gasteiger partial charge on any atom is -0.454 e.